The van der Waals surface area contributed by atoms with E-state index in [1.54, 1.807) is 0 Å². The molecule has 17 heavy (non-hydrogen) atoms. The maximum atomic E-state index is 11.4. The van der Waals surface area contributed by atoms with Crippen LogP contribution in [0.2, 0.25) is 0 Å². The van der Waals surface area contributed by atoms with Gasteiger partial charge in [-0.3, -0.25) is 4.79 Å². The number of aromatic hydroxyl groups is 2. The van der Waals surface area contributed by atoms with Crippen molar-refractivity contribution in [3.05, 3.63) is 23.8 Å². The zero-order valence-electron chi connectivity index (χ0n) is 8.92. The summed E-state index contributed by atoms with van der Waals surface area (Å²) in [4.78, 5) is 21.6. The fraction of sp³-hybridized carbons (Fsp3) is 0.273. The SMILES string of the molecule is O=C(O)CCCOC(=O)c1cccc(O)c1O. The minimum Gasteiger partial charge on any atom is -0.504 e. The number of carboxylic acid groups (broad SMARTS) is 1. The molecule has 0 saturated carbocycles. The Bertz CT molecular complexity index is 426. The highest BCUT2D eigenvalue weighted by atomic mass is 16.5. The minimum atomic E-state index is -0.971. The van der Waals surface area contributed by atoms with Crippen molar-refractivity contribution in [3.8, 4) is 11.5 Å². The molecule has 0 fully saturated rings. The monoisotopic (exact) mass is 240 g/mol. The Morgan fingerprint density at radius 3 is 2.59 bits per heavy atom. The van der Waals surface area contributed by atoms with E-state index in [0.717, 1.165) is 0 Å². The van der Waals surface area contributed by atoms with Crippen LogP contribution in [0.4, 0.5) is 0 Å². The Morgan fingerprint density at radius 1 is 1.24 bits per heavy atom. The number of esters is 1. The van der Waals surface area contributed by atoms with E-state index in [-0.39, 0.29) is 25.0 Å². The summed E-state index contributed by atoms with van der Waals surface area (Å²) >= 11 is 0. The van der Waals surface area contributed by atoms with Crippen molar-refractivity contribution >= 4 is 11.9 Å². The van der Waals surface area contributed by atoms with Crippen molar-refractivity contribution < 1.29 is 29.6 Å². The van der Waals surface area contributed by atoms with E-state index in [1.807, 2.05) is 0 Å². The number of benzene rings is 1. The Labute approximate surface area is 97.1 Å². The fourth-order valence-corrected chi connectivity index (χ4v) is 1.16. The highest BCUT2D eigenvalue weighted by molar-refractivity contribution is 5.93. The summed E-state index contributed by atoms with van der Waals surface area (Å²) in [5, 5.41) is 26.9. The number of phenolic OH excluding ortho intramolecular Hbond substituents is 2. The number of ether oxygens (including phenoxy) is 1. The number of carboxylic acids is 1. The Kier molecular flexibility index (Phi) is 4.33. The van der Waals surface area contributed by atoms with Gasteiger partial charge in [-0.1, -0.05) is 6.07 Å². The second-order valence-corrected chi connectivity index (χ2v) is 3.31. The highest BCUT2D eigenvalue weighted by Crippen LogP contribution is 2.28. The van der Waals surface area contributed by atoms with E-state index < -0.39 is 23.4 Å². The standard InChI is InChI=1S/C11H12O6/c12-8-4-1-3-7(10(8)15)11(16)17-6-2-5-9(13)14/h1,3-4,12,15H,2,5-6H2,(H,13,14). The third-order valence-corrected chi connectivity index (χ3v) is 2.00. The molecule has 0 bridgehead atoms. The number of aliphatic carboxylic acids is 1. The third-order valence-electron chi connectivity index (χ3n) is 2.00. The van der Waals surface area contributed by atoms with Gasteiger partial charge in [-0.15, -0.1) is 0 Å². The van der Waals surface area contributed by atoms with E-state index in [0.29, 0.717) is 0 Å². The molecule has 0 unspecified atom stereocenters. The average molecular weight is 240 g/mol. The molecule has 0 heterocycles. The van der Waals surface area contributed by atoms with E-state index in [9.17, 15) is 14.7 Å². The molecule has 0 aromatic heterocycles. The van der Waals surface area contributed by atoms with Crippen LogP contribution in [-0.4, -0.2) is 33.9 Å². The van der Waals surface area contributed by atoms with Gasteiger partial charge in [0, 0.05) is 6.42 Å². The molecule has 6 nitrogen and oxygen atoms in total. The normalized spacial score (nSPS) is 9.88. The summed E-state index contributed by atoms with van der Waals surface area (Å²) in [6.45, 7) is -0.0553. The smallest absolute Gasteiger partial charge is 0.342 e. The lowest BCUT2D eigenvalue weighted by Gasteiger charge is -2.06. The van der Waals surface area contributed by atoms with Crippen LogP contribution in [0.5, 0.6) is 11.5 Å². The largest absolute Gasteiger partial charge is 0.504 e. The van der Waals surface area contributed by atoms with Crippen LogP contribution in [0.15, 0.2) is 18.2 Å². The molecule has 0 radical (unpaired) electrons. The van der Waals surface area contributed by atoms with Crippen molar-refractivity contribution in [1.82, 2.24) is 0 Å². The predicted octanol–water partition coefficient (Wildman–Crippen LogP) is 1.12. The molecule has 3 N–H and O–H groups in total. The van der Waals surface area contributed by atoms with Gasteiger partial charge in [-0.25, -0.2) is 4.79 Å². The van der Waals surface area contributed by atoms with Crippen molar-refractivity contribution in [1.29, 1.82) is 0 Å². The Morgan fingerprint density at radius 2 is 1.94 bits per heavy atom. The fourth-order valence-electron chi connectivity index (χ4n) is 1.16. The number of carbonyl (C=O) groups is 2. The molecular weight excluding hydrogens is 228 g/mol. The number of phenols is 2. The van der Waals surface area contributed by atoms with Crippen molar-refractivity contribution in [3.63, 3.8) is 0 Å². The second kappa shape index (κ2) is 5.74. The Balaban J connectivity index is 2.53. The molecule has 0 saturated heterocycles. The molecule has 0 amide bonds. The van der Waals surface area contributed by atoms with E-state index in [4.69, 9.17) is 14.9 Å². The number of hydrogen-bond donors (Lipinski definition) is 3. The van der Waals surface area contributed by atoms with E-state index in [1.165, 1.54) is 18.2 Å². The van der Waals surface area contributed by atoms with E-state index in [2.05, 4.69) is 0 Å². The van der Waals surface area contributed by atoms with Gasteiger partial charge in [0.15, 0.2) is 11.5 Å². The maximum absolute atomic E-state index is 11.4. The van der Waals surface area contributed by atoms with Crippen LogP contribution >= 0.6 is 0 Å². The number of carbonyl (C=O) groups excluding carboxylic acids is 1. The summed E-state index contributed by atoms with van der Waals surface area (Å²) in [6.07, 6.45) is 0.0972. The molecule has 1 aromatic rings. The summed E-state index contributed by atoms with van der Waals surface area (Å²) < 4.78 is 4.74. The molecular formula is C11H12O6. The molecule has 0 atom stereocenters. The first kappa shape index (κ1) is 12.8. The number of para-hydroxylation sites is 1. The van der Waals surface area contributed by atoms with Gasteiger partial charge in [-0.05, 0) is 18.6 Å². The lowest BCUT2D eigenvalue weighted by Crippen LogP contribution is -2.08. The number of hydrogen-bond acceptors (Lipinski definition) is 5. The van der Waals surface area contributed by atoms with Crippen LogP contribution < -0.4 is 0 Å². The van der Waals surface area contributed by atoms with Gasteiger partial charge in [0.2, 0.25) is 0 Å². The van der Waals surface area contributed by atoms with Gasteiger partial charge in [0.1, 0.15) is 5.56 Å². The van der Waals surface area contributed by atoms with Gasteiger partial charge in [-0.2, -0.15) is 0 Å². The molecule has 0 aliphatic rings. The topological polar surface area (TPSA) is 104 Å². The number of rotatable bonds is 5. The van der Waals surface area contributed by atoms with Crippen LogP contribution in [0, 0.1) is 0 Å². The van der Waals surface area contributed by atoms with Crippen molar-refractivity contribution in [2.45, 2.75) is 12.8 Å². The first-order valence-electron chi connectivity index (χ1n) is 4.92. The lowest BCUT2D eigenvalue weighted by molar-refractivity contribution is -0.137. The zero-order chi connectivity index (χ0) is 12.8. The lowest BCUT2D eigenvalue weighted by atomic mass is 10.2. The Hall–Kier alpha value is -2.24. The first-order valence-corrected chi connectivity index (χ1v) is 4.92. The molecule has 6 heteroatoms. The van der Waals surface area contributed by atoms with Gasteiger partial charge in [0.05, 0.1) is 6.61 Å². The highest BCUT2D eigenvalue weighted by Gasteiger charge is 2.15. The molecule has 1 aromatic carbocycles. The van der Waals surface area contributed by atoms with Gasteiger partial charge in [0.25, 0.3) is 0 Å². The molecule has 0 aliphatic carbocycles. The van der Waals surface area contributed by atoms with Gasteiger partial charge >= 0.3 is 11.9 Å². The van der Waals surface area contributed by atoms with Crippen LogP contribution in [0.25, 0.3) is 0 Å². The van der Waals surface area contributed by atoms with Crippen molar-refractivity contribution in [2.24, 2.45) is 0 Å². The van der Waals surface area contributed by atoms with Crippen LogP contribution in [0.1, 0.15) is 23.2 Å². The zero-order valence-corrected chi connectivity index (χ0v) is 8.92. The quantitative estimate of drug-likeness (QED) is 0.404. The van der Waals surface area contributed by atoms with Crippen molar-refractivity contribution in [2.75, 3.05) is 6.61 Å². The maximum Gasteiger partial charge on any atom is 0.342 e. The van der Waals surface area contributed by atoms with Crippen LogP contribution in [0.3, 0.4) is 0 Å². The average Bonchev–Trinajstić information content (AvgIpc) is 2.27. The minimum absolute atomic E-state index is 0.0553. The summed E-state index contributed by atoms with van der Waals surface area (Å²) in [7, 11) is 0. The van der Waals surface area contributed by atoms with E-state index >= 15 is 0 Å². The molecule has 0 spiro atoms. The third kappa shape index (κ3) is 3.67. The molecule has 92 valence electrons. The second-order valence-electron chi connectivity index (χ2n) is 3.31. The first-order chi connectivity index (χ1) is 8.02. The summed E-state index contributed by atoms with van der Waals surface area (Å²) in [6, 6.07) is 3.92. The summed E-state index contributed by atoms with van der Waals surface area (Å²) in [5.74, 6) is -2.73. The summed E-state index contributed by atoms with van der Waals surface area (Å²) in [5.41, 5.74) is -0.152. The predicted molar refractivity (Wildman–Crippen MR) is 56.9 cm³/mol. The molecule has 0 aliphatic heterocycles. The molecule has 1 rings (SSSR count). The van der Waals surface area contributed by atoms with Crippen LogP contribution in [-0.2, 0) is 9.53 Å². The van der Waals surface area contributed by atoms with Gasteiger partial charge < -0.3 is 20.1 Å².